The Hall–Kier alpha value is -2.07. The van der Waals surface area contributed by atoms with Crippen molar-refractivity contribution >= 4 is 10.4 Å². The van der Waals surface area contributed by atoms with E-state index in [2.05, 4.69) is 113 Å². The van der Waals surface area contributed by atoms with E-state index < -0.39 is 10.4 Å². The number of rotatable bonds is 13. The Morgan fingerprint density at radius 3 is 1.50 bits per heavy atom. The van der Waals surface area contributed by atoms with E-state index in [0.29, 0.717) is 0 Å². The second-order valence-electron chi connectivity index (χ2n) is 8.19. The van der Waals surface area contributed by atoms with Gasteiger partial charge in [-0.1, -0.05) is 97.9 Å². The first-order valence-electron chi connectivity index (χ1n) is 11.8. The van der Waals surface area contributed by atoms with Gasteiger partial charge in [0.2, 0.25) is 0 Å². The number of nitrogens with zero attached hydrogens (tertiary/aromatic N) is 2. The van der Waals surface area contributed by atoms with Gasteiger partial charge in [0.1, 0.15) is 0 Å². The van der Waals surface area contributed by atoms with Crippen LogP contribution in [0.3, 0.4) is 0 Å². The summed E-state index contributed by atoms with van der Waals surface area (Å²) in [5, 5.41) is 3.60. The van der Waals surface area contributed by atoms with E-state index in [0.717, 1.165) is 52.4 Å². The third kappa shape index (κ3) is 15.8. The first-order chi connectivity index (χ1) is 16.8. The van der Waals surface area contributed by atoms with Gasteiger partial charge in [0.15, 0.2) is 0 Å². The van der Waals surface area contributed by atoms with Crippen LogP contribution in [0.2, 0.25) is 0 Å². The summed E-state index contributed by atoms with van der Waals surface area (Å²) in [6.45, 7) is 10.5. The van der Waals surface area contributed by atoms with Crippen LogP contribution in [-0.2, 0) is 47.1 Å². The summed E-state index contributed by atoms with van der Waals surface area (Å²) in [7, 11) is -5.17. The normalized spacial score (nSPS) is 11.0. The SMILES string of the molecule is CCN(CCN(CCNCc1ccccc1)Cc1ccccc1)Cc1ccccc1.O=S(=O)([O-])[O-].[Mn+2]. The average Bonchev–Trinajstić information content (AvgIpc) is 2.85. The molecule has 0 aromatic heterocycles. The fraction of sp³-hybridized carbons (Fsp3) is 0.333. The van der Waals surface area contributed by atoms with Crippen molar-refractivity contribution in [3.63, 3.8) is 0 Å². The smallest absolute Gasteiger partial charge is 0.759 e. The molecule has 0 aliphatic rings. The summed E-state index contributed by atoms with van der Waals surface area (Å²) >= 11 is 0. The molecule has 0 aliphatic carbocycles. The van der Waals surface area contributed by atoms with E-state index in [4.69, 9.17) is 17.5 Å². The Morgan fingerprint density at radius 2 is 1.06 bits per heavy atom. The average molecular weight is 553 g/mol. The van der Waals surface area contributed by atoms with Gasteiger partial charge < -0.3 is 14.4 Å². The van der Waals surface area contributed by atoms with Crippen LogP contribution in [-0.4, -0.2) is 60.0 Å². The van der Waals surface area contributed by atoms with Crippen molar-refractivity contribution in [1.29, 1.82) is 0 Å². The minimum absolute atomic E-state index is 0. The van der Waals surface area contributed by atoms with Gasteiger partial charge in [-0.2, -0.15) is 0 Å². The van der Waals surface area contributed by atoms with Gasteiger partial charge >= 0.3 is 17.1 Å². The van der Waals surface area contributed by atoms with Gasteiger partial charge in [-0.3, -0.25) is 18.2 Å². The maximum Gasteiger partial charge on any atom is 2.00 e. The topological polar surface area (TPSA) is 98.8 Å². The van der Waals surface area contributed by atoms with Crippen LogP contribution < -0.4 is 5.32 Å². The molecule has 1 N–H and O–H groups in total. The number of benzene rings is 3. The molecule has 0 aliphatic heterocycles. The molecule has 0 unspecified atom stereocenters. The maximum atomic E-state index is 8.52. The molecule has 0 spiro atoms. The molecule has 0 atom stereocenters. The van der Waals surface area contributed by atoms with E-state index in [-0.39, 0.29) is 17.1 Å². The quantitative estimate of drug-likeness (QED) is 0.150. The molecule has 0 bridgehead atoms. The van der Waals surface area contributed by atoms with Gasteiger partial charge in [-0.15, -0.1) is 0 Å². The summed E-state index contributed by atoms with van der Waals surface area (Å²) in [6.07, 6.45) is 0. The van der Waals surface area contributed by atoms with Crippen LogP contribution >= 0.6 is 0 Å². The zero-order valence-corrected chi connectivity index (χ0v) is 22.6. The van der Waals surface area contributed by atoms with Gasteiger partial charge in [0.25, 0.3) is 0 Å². The summed E-state index contributed by atoms with van der Waals surface area (Å²) in [6, 6.07) is 32.2. The zero-order chi connectivity index (χ0) is 25.4. The largest absolute Gasteiger partial charge is 2.00 e. The van der Waals surface area contributed by atoms with Crippen molar-refractivity contribution in [1.82, 2.24) is 15.1 Å². The van der Waals surface area contributed by atoms with Gasteiger partial charge in [-0.25, -0.2) is 0 Å². The number of nitrogens with one attached hydrogen (secondary N) is 1. The Balaban J connectivity index is 0.000000983. The summed E-state index contributed by atoms with van der Waals surface area (Å²) in [5.41, 5.74) is 4.11. The molecule has 195 valence electrons. The van der Waals surface area contributed by atoms with Crippen molar-refractivity contribution in [2.75, 3.05) is 32.7 Å². The summed E-state index contributed by atoms with van der Waals surface area (Å²) < 4.78 is 34.1. The van der Waals surface area contributed by atoms with Crippen molar-refractivity contribution in [3.8, 4) is 0 Å². The standard InChI is InChI=1S/C27H35N3.Mn.H2O4S/c1-2-29(23-26-14-8-4-9-15-26)20-21-30(24-27-16-10-5-11-17-27)19-18-28-22-25-12-6-3-7-13-25;;1-5(2,3)4/h3-17,28H,2,18-24H2,1H3;;(H2,1,2,3,4)/q;+2;/p-2. The van der Waals surface area contributed by atoms with Crippen molar-refractivity contribution in [2.24, 2.45) is 0 Å². The molecule has 3 aromatic carbocycles. The van der Waals surface area contributed by atoms with E-state index in [1.165, 1.54) is 16.7 Å². The van der Waals surface area contributed by atoms with Gasteiger partial charge in [0.05, 0.1) is 0 Å². The molecule has 0 amide bonds. The van der Waals surface area contributed by atoms with Crippen LogP contribution in [0.25, 0.3) is 0 Å². The Labute approximate surface area is 226 Å². The molecule has 0 saturated carbocycles. The van der Waals surface area contributed by atoms with Crippen LogP contribution in [0, 0.1) is 0 Å². The summed E-state index contributed by atoms with van der Waals surface area (Å²) in [4.78, 5) is 5.10. The molecule has 0 heterocycles. The molecule has 3 rings (SSSR count). The van der Waals surface area contributed by atoms with Gasteiger partial charge in [-0.05, 0) is 23.2 Å². The predicted octanol–water partition coefficient (Wildman–Crippen LogP) is 3.46. The Bertz CT molecular complexity index is 1030. The zero-order valence-electron chi connectivity index (χ0n) is 20.6. The fourth-order valence-electron chi connectivity index (χ4n) is 3.65. The minimum atomic E-state index is -5.17. The molecule has 0 fully saturated rings. The van der Waals surface area contributed by atoms with Crippen LogP contribution in [0.5, 0.6) is 0 Å². The van der Waals surface area contributed by atoms with Crippen LogP contribution in [0.4, 0.5) is 0 Å². The molecular formula is C27H35MnN3O4S. The second kappa shape index (κ2) is 18.2. The third-order valence-corrected chi connectivity index (χ3v) is 5.45. The molecule has 0 saturated heterocycles. The third-order valence-electron chi connectivity index (χ3n) is 5.45. The van der Waals surface area contributed by atoms with Crippen molar-refractivity contribution in [3.05, 3.63) is 108 Å². The van der Waals surface area contributed by atoms with Crippen molar-refractivity contribution < 1.29 is 34.6 Å². The van der Waals surface area contributed by atoms with Crippen molar-refractivity contribution in [2.45, 2.75) is 26.6 Å². The molecule has 1 radical (unpaired) electrons. The maximum absolute atomic E-state index is 8.52. The van der Waals surface area contributed by atoms with E-state index in [1.807, 2.05) is 0 Å². The minimum Gasteiger partial charge on any atom is -0.759 e. The second-order valence-corrected chi connectivity index (χ2v) is 9.00. The molecule has 36 heavy (non-hydrogen) atoms. The summed E-state index contributed by atoms with van der Waals surface area (Å²) in [5.74, 6) is 0. The van der Waals surface area contributed by atoms with Crippen LogP contribution in [0.1, 0.15) is 23.6 Å². The number of likely N-dealkylation sites (N-methyl/N-ethyl adjacent to an activating group) is 1. The first kappa shape index (κ1) is 32.0. The molecule has 7 nitrogen and oxygen atoms in total. The van der Waals surface area contributed by atoms with E-state index >= 15 is 0 Å². The van der Waals surface area contributed by atoms with E-state index in [1.54, 1.807) is 0 Å². The molecular weight excluding hydrogens is 517 g/mol. The first-order valence-corrected chi connectivity index (χ1v) is 13.1. The monoisotopic (exact) mass is 552 g/mol. The predicted molar refractivity (Wildman–Crippen MR) is 138 cm³/mol. The number of hydrogen-bond donors (Lipinski definition) is 1. The molecule has 9 heteroatoms. The Morgan fingerprint density at radius 1 is 0.667 bits per heavy atom. The fourth-order valence-corrected chi connectivity index (χ4v) is 3.65. The molecule has 3 aromatic rings. The number of hydrogen-bond acceptors (Lipinski definition) is 7. The Kier molecular flexibility index (Phi) is 16.2. The van der Waals surface area contributed by atoms with Crippen LogP contribution in [0.15, 0.2) is 91.0 Å². The van der Waals surface area contributed by atoms with E-state index in [9.17, 15) is 0 Å². The van der Waals surface area contributed by atoms with Gasteiger partial charge in [0, 0.05) is 56.2 Å².